The van der Waals surface area contributed by atoms with Crippen molar-refractivity contribution in [2.24, 2.45) is 4.99 Å². The minimum atomic E-state index is -0.580. The van der Waals surface area contributed by atoms with Crippen molar-refractivity contribution in [2.45, 2.75) is 19.9 Å². The van der Waals surface area contributed by atoms with Crippen LogP contribution in [0.25, 0.3) is 6.08 Å². The maximum Gasteiger partial charge on any atom is 0.338 e. The number of ether oxygens (including phenoxy) is 1. The molecule has 5 nitrogen and oxygen atoms in total. The maximum atomic E-state index is 13.3. The van der Waals surface area contributed by atoms with Crippen LogP contribution in [0.1, 0.15) is 30.3 Å². The summed E-state index contributed by atoms with van der Waals surface area (Å²) in [6.45, 7) is 3.80. The highest BCUT2D eigenvalue weighted by Crippen LogP contribution is 2.31. The maximum absolute atomic E-state index is 13.3. The quantitative estimate of drug-likeness (QED) is 0.526. The number of nitrogens with zero attached hydrogens (tertiary/aromatic N) is 2. The van der Waals surface area contributed by atoms with Gasteiger partial charge in [-0.1, -0.05) is 45.5 Å². The lowest BCUT2D eigenvalue weighted by Gasteiger charge is -2.24. The fourth-order valence-corrected chi connectivity index (χ4v) is 5.29. The average Bonchev–Trinajstić information content (AvgIpc) is 3.30. The van der Waals surface area contributed by atoms with E-state index in [1.807, 2.05) is 47.9 Å². The van der Waals surface area contributed by atoms with Gasteiger partial charge in [0.25, 0.3) is 5.56 Å². The number of fused-ring (bicyclic) bond motifs is 1. The van der Waals surface area contributed by atoms with Crippen LogP contribution in [0.4, 0.5) is 0 Å². The molecule has 4 rings (SSSR count). The monoisotopic (exact) mass is 488 g/mol. The Morgan fingerprint density at radius 3 is 2.72 bits per heavy atom. The number of carbonyl (C=O) groups excluding carboxylic acids is 1. The van der Waals surface area contributed by atoms with Gasteiger partial charge in [0.15, 0.2) is 4.80 Å². The fourth-order valence-electron chi connectivity index (χ4n) is 3.25. The van der Waals surface area contributed by atoms with E-state index >= 15 is 0 Å². The third-order valence-electron chi connectivity index (χ3n) is 4.52. The minimum absolute atomic E-state index is 0.163. The Kier molecular flexibility index (Phi) is 5.67. The predicted octanol–water partition coefficient (Wildman–Crippen LogP) is 3.62. The number of allylic oxidation sites excluding steroid dienone is 1. The van der Waals surface area contributed by atoms with Gasteiger partial charge in [-0.15, -0.1) is 11.3 Å². The van der Waals surface area contributed by atoms with Gasteiger partial charge in [0, 0.05) is 9.35 Å². The van der Waals surface area contributed by atoms with Crippen molar-refractivity contribution in [3.63, 3.8) is 0 Å². The van der Waals surface area contributed by atoms with Gasteiger partial charge >= 0.3 is 5.97 Å². The molecule has 0 amide bonds. The van der Waals surface area contributed by atoms with Crippen LogP contribution in [0.3, 0.4) is 0 Å². The number of halogens is 1. The summed E-state index contributed by atoms with van der Waals surface area (Å²) in [6.07, 6.45) is 1.87. The zero-order valence-corrected chi connectivity index (χ0v) is 18.9. The Morgan fingerprint density at radius 2 is 2.07 bits per heavy atom. The van der Waals surface area contributed by atoms with Crippen molar-refractivity contribution >= 4 is 50.6 Å². The van der Waals surface area contributed by atoms with Crippen molar-refractivity contribution in [3.05, 3.63) is 87.6 Å². The molecule has 1 aliphatic heterocycles. The molecule has 0 aliphatic carbocycles. The van der Waals surface area contributed by atoms with E-state index in [9.17, 15) is 9.59 Å². The molecular formula is C21H17BrN2O3S2. The summed E-state index contributed by atoms with van der Waals surface area (Å²) in [5.74, 6) is -0.450. The van der Waals surface area contributed by atoms with Gasteiger partial charge < -0.3 is 4.74 Å². The summed E-state index contributed by atoms with van der Waals surface area (Å²) >= 11 is 6.34. The van der Waals surface area contributed by atoms with Crippen molar-refractivity contribution in [1.82, 2.24) is 4.57 Å². The third-order valence-corrected chi connectivity index (χ3v) is 6.85. The molecule has 0 unspecified atom stereocenters. The van der Waals surface area contributed by atoms with Crippen molar-refractivity contribution in [3.8, 4) is 0 Å². The summed E-state index contributed by atoms with van der Waals surface area (Å²) in [7, 11) is 0. The third kappa shape index (κ3) is 3.80. The first-order valence-electron chi connectivity index (χ1n) is 8.98. The van der Waals surface area contributed by atoms with Crippen LogP contribution in [-0.2, 0) is 9.53 Å². The second-order valence-electron chi connectivity index (χ2n) is 6.37. The van der Waals surface area contributed by atoms with Crippen LogP contribution in [0.15, 0.2) is 67.3 Å². The molecule has 0 spiro atoms. The Bertz CT molecular complexity index is 1270. The zero-order valence-electron chi connectivity index (χ0n) is 15.7. The van der Waals surface area contributed by atoms with Crippen LogP contribution in [0, 0.1) is 0 Å². The van der Waals surface area contributed by atoms with E-state index in [2.05, 4.69) is 20.9 Å². The number of carbonyl (C=O) groups is 1. The van der Waals surface area contributed by atoms with E-state index in [1.54, 1.807) is 29.8 Å². The Hall–Kier alpha value is -2.29. The molecule has 1 aliphatic rings. The zero-order chi connectivity index (χ0) is 20.5. The van der Waals surface area contributed by atoms with Crippen LogP contribution in [-0.4, -0.2) is 17.1 Å². The number of thiazole rings is 1. The Labute approximate surface area is 183 Å². The van der Waals surface area contributed by atoms with Crippen LogP contribution < -0.4 is 14.9 Å². The SMILES string of the molecule is CCOC(=O)C1=C(C)N=c2s/c(=C/c3cccs3)c(=O)n2[C@@H]1c1ccc(Br)cc1. The molecule has 1 atom stereocenters. The number of benzene rings is 1. The number of hydrogen-bond acceptors (Lipinski definition) is 6. The molecule has 0 fully saturated rings. The number of rotatable bonds is 4. The standard InChI is InChI=1S/C21H17BrN2O3S2/c1-3-27-20(26)17-12(2)23-21-24(18(17)13-6-8-14(22)9-7-13)19(25)16(29-21)11-15-5-4-10-28-15/h4-11,18H,3H2,1-2H3/b16-11+/t18-/m1/s1. The number of esters is 1. The molecule has 0 N–H and O–H groups in total. The molecule has 1 aromatic carbocycles. The first-order chi connectivity index (χ1) is 14.0. The molecule has 0 bridgehead atoms. The van der Waals surface area contributed by atoms with Gasteiger partial charge in [-0.2, -0.15) is 0 Å². The molecular weight excluding hydrogens is 472 g/mol. The first kappa shape index (κ1) is 20.0. The lowest BCUT2D eigenvalue weighted by atomic mass is 9.96. The molecule has 148 valence electrons. The molecule has 2 aromatic heterocycles. The summed E-state index contributed by atoms with van der Waals surface area (Å²) in [5.41, 5.74) is 1.63. The van der Waals surface area contributed by atoms with E-state index in [1.165, 1.54) is 11.3 Å². The predicted molar refractivity (Wildman–Crippen MR) is 119 cm³/mol. The number of aromatic nitrogens is 1. The average molecular weight is 489 g/mol. The van der Waals surface area contributed by atoms with Crippen molar-refractivity contribution in [2.75, 3.05) is 6.61 Å². The largest absolute Gasteiger partial charge is 0.463 e. The second kappa shape index (κ2) is 8.22. The molecule has 0 saturated carbocycles. The van der Waals surface area contributed by atoms with E-state index in [0.29, 0.717) is 20.6 Å². The van der Waals surface area contributed by atoms with Crippen molar-refractivity contribution in [1.29, 1.82) is 0 Å². The van der Waals surface area contributed by atoms with Gasteiger partial charge in [-0.05, 0) is 49.1 Å². The molecule has 29 heavy (non-hydrogen) atoms. The summed E-state index contributed by atoms with van der Waals surface area (Å²) in [5, 5.41) is 1.97. The minimum Gasteiger partial charge on any atom is -0.463 e. The van der Waals surface area contributed by atoms with Crippen LogP contribution in [0.5, 0.6) is 0 Å². The van der Waals surface area contributed by atoms with Gasteiger partial charge in [0.1, 0.15) is 0 Å². The van der Waals surface area contributed by atoms with Gasteiger partial charge in [-0.3, -0.25) is 9.36 Å². The van der Waals surface area contributed by atoms with Crippen LogP contribution >= 0.6 is 38.6 Å². The highest BCUT2D eigenvalue weighted by atomic mass is 79.9. The number of thiophene rings is 1. The number of hydrogen-bond donors (Lipinski definition) is 0. The first-order valence-corrected chi connectivity index (χ1v) is 11.5. The lowest BCUT2D eigenvalue weighted by molar-refractivity contribution is -0.139. The normalized spacial score (nSPS) is 16.5. The molecule has 3 heterocycles. The van der Waals surface area contributed by atoms with Gasteiger partial charge in [0.2, 0.25) is 0 Å². The Balaban J connectivity index is 1.97. The molecule has 8 heteroatoms. The lowest BCUT2D eigenvalue weighted by Crippen LogP contribution is -2.39. The van der Waals surface area contributed by atoms with Crippen LogP contribution in [0.2, 0.25) is 0 Å². The molecule has 0 radical (unpaired) electrons. The molecule has 0 saturated heterocycles. The molecule has 3 aromatic rings. The van der Waals surface area contributed by atoms with Gasteiger partial charge in [-0.25, -0.2) is 9.79 Å². The second-order valence-corrected chi connectivity index (χ2v) is 9.27. The van der Waals surface area contributed by atoms with Crippen molar-refractivity contribution < 1.29 is 9.53 Å². The smallest absolute Gasteiger partial charge is 0.338 e. The van der Waals surface area contributed by atoms with Gasteiger partial charge in [0.05, 0.1) is 28.5 Å². The van der Waals surface area contributed by atoms with E-state index < -0.39 is 12.0 Å². The van der Waals surface area contributed by atoms with E-state index in [-0.39, 0.29) is 12.2 Å². The topological polar surface area (TPSA) is 60.7 Å². The summed E-state index contributed by atoms with van der Waals surface area (Å²) < 4.78 is 8.40. The highest BCUT2D eigenvalue weighted by Gasteiger charge is 2.33. The van der Waals surface area contributed by atoms with E-state index in [4.69, 9.17) is 4.74 Å². The Morgan fingerprint density at radius 1 is 1.31 bits per heavy atom. The van der Waals surface area contributed by atoms with E-state index in [0.717, 1.165) is 14.9 Å². The highest BCUT2D eigenvalue weighted by molar-refractivity contribution is 9.10. The summed E-state index contributed by atoms with van der Waals surface area (Å²) in [4.78, 5) is 32.2. The summed E-state index contributed by atoms with van der Waals surface area (Å²) in [6, 6.07) is 10.9. The fraction of sp³-hybridized carbons (Fsp3) is 0.190.